The molecule has 1 aliphatic rings. The number of ether oxygens (including phenoxy) is 1. The number of rotatable bonds is 5. The lowest BCUT2D eigenvalue weighted by Gasteiger charge is -2.24. The van der Waals surface area contributed by atoms with Gasteiger partial charge in [-0.2, -0.15) is 0 Å². The quantitative estimate of drug-likeness (QED) is 0.728. The van der Waals surface area contributed by atoms with Crippen LogP contribution in [0.1, 0.15) is 33.6 Å². The fraction of sp³-hybridized carbons (Fsp3) is 0.833. The first-order valence-electron chi connectivity index (χ1n) is 6.14. The highest BCUT2D eigenvalue weighted by atomic mass is 32.1. The van der Waals surface area contributed by atoms with Gasteiger partial charge in [0.1, 0.15) is 0 Å². The van der Waals surface area contributed by atoms with E-state index >= 15 is 0 Å². The van der Waals surface area contributed by atoms with E-state index in [1.54, 1.807) is 0 Å². The smallest absolute Gasteiger partial charge is 0.230 e. The zero-order valence-corrected chi connectivity index (χ0v) is 11.5. The van der Waals surface area contributed by atoms with Crippen molar-refractivity contribution in [1.82, 2.24) is 5.32 Å². The van der Waals surface area contributed by atoms with Crippen molar-refractivity contribution < 1.29 is 9.53 Å². The molecule has 1 heterocycles. The fourth-order valence-electron chi connectivity index (χ4n) is 2.16. The molecule has 0 radical (unpaired) electrons. The van der Waals surface area contributed by atoms with E-state index in [4.69, 9.17) is 22.7 Å². The molecule has 98 valence electrons. The van der Waals surface area contributed by atoms with Gasteiger partial charge in [0.15, 0.2) is 0 Å². The van der Waals surface area contributed by atoms with Crippen molar-refractivity contribution in [2.45, 2.75) is 45.8 Å². The second kappa shape index (κ2) is 6.31. The summed E-state index contributed by atoms with van der Waals surface area (Å²) in [5.41, 5.74) is 5.61. The van der Waals surface area contributed by atoms with Gasteiger partial charge in [0.25, 0.3) is 0 Å². The number of hydrogen-bond acceptors (Lipinski definition) is 3. The first-order chi connectivity index (χ1) is 7.93. The van der Waals surface area contributed by atoms with Crippen LogP contribution in [-0.2, 0) is 9.53 Å². The van der Waals surface area contributed by atoms with Crippen LogP contribution in [-0.4, -0.2) is 29.6 Å². The molecule has 1 rings (SSSR count). The van der Waals surface area contributed by atoms with E-state index in [1.807, 2.05) is 20.8 Å². The van der Waals surface area contributed by atoms with Gasteiger partial charge >= 0.3 is 0 Å². The molecule has 17 heavy (non-hydrogen) atoms. The summed E-state index contributed by atoms with van der Waals surface area (Å²) in [6, 6.07) is 0.0144. The topological polar surface area (TPSA) is 64.3 Å². The largest absolute Gasteiger partial charge is 0.393 e. The first-order valence-corrected chi connectivity index (χ1v) is 6.55. The van der Waals surface area contributed by atoms with Gasteiger partial charge in [-0.25, -0.2) is 0 Å². The average Bonchev–Trinajstić information content (AvgIpc) is 2.68. The molecule has 1 aliphatic heterocycles. The Morgan fingerprint density at radius 1 is 1.47 bits per heavy atom. The first kappa shape index (κ1) is 14.4. The van der Waals surface area contributed by atoms with Crippen LogP contribution < -0.4 is 11.1 Å². The standard InChI is InChI=1S/C12H22N2O2S/c1-7(2)10(11(13)17)12(15)14-8(3)9-5-4-6-16-9/h7-10H,4-6H2,1-3H3,(H2,13,17)(H,14,15). The van der Waals surface area contributed by atoms with Crippen molar-refractivity contribution in [3.63, 3.8) is 0 Å². The molecule has 0 spiro atoms. The zero-order chi connectivity index (χ0) is 13.0. The number of nitrogens with two attached hydrogens (primary N) is 1. The molecular formula is C12H22N2O2S. The minimum Gasteiger partial charge on any atom is -0.393 e. The lowest BCUT2D eigenvalue weighted by molar-refractivity contribution is -0.125. The van der Waals surface area contributed by atoms with Crippen molar-refractivity contribution in [1.29, 1.82) is 0 Å². The maximum absolute atomic E-state index is 12.1. The Labute approximate surface area is 108 Å². The van der Waals surface area contributed by atoms with Crippen molar-refractivity contribution in [2.24, 2.45) is 17.6 Å². The van der Waals surface area contributed by atoms with Crippen molar-refractivity contribution in [3.05, 3.63) is 0 Å². The highest BCUT2D eigenvalue weighted by Gasteiger charge is 2.29. The molecule has 3 N–H and O–H groups in total. The molecule has 0 aromatic carbocycles. The van der Waals surface area contributed by atoms with Gasteiger partial charge in [-0.3, -0.25) is 4.79 Å². The number of hydrogen-bond donors (Lipinski definition) is 2. The van der Waals surface area contributed by atoms with Crippen LogP contribution in [0.5, 0.6) is 0 Å². The Kier molecular flexibility index (Phi) is 5.33. The molecule has 1 fully saturated rings. The number of amides is 1. The summed E-state index contributed by atoms with van der Waals surface area (Å²) in [7, 11) is 0. The minimum absolute atomic E-state index is 0.0144. The monoisotopic (exact) mass is 258 g/mol. The van der Waals surface area contributed by atoms with Crippen molar-refractivity contribution in [2.75, 3.05) is 6.61 Å². The van der Waals surface area contributed by atoms with E-state index in [2.05, 4.69) is 5.32 Å². The normalized spacial score (nSPS) is 23.4. The Hall–Kier alpha value is -0.680. The highest BCUT2D eigenvalue weighted by molar-refractivity contribution is 7.80. The van der Waals surface area contributed by atoms with Crippen LogP contribution in [0.2, 0.25) is 0 Å². The number of carbonyl (C=O) groups excluding carboxylic acids is 1. The Morgan fingerprint density at radius 2 is 2.12 bits per heavy atom. The summed E-state index contributed by atoms with van der Waals surface area (Å²) in [5.74, 6) is -0.367. The van der Waals surface area contributed by atoms with Crippen LogP contribution in [0, 0.1) is 11.8 Å². The maximum atomic E-state index is 12.1. The molecule has 1 amide bonds. The average molecular weight is 258 g/mol. The zero-order valence-electron chi connectivity index (χ0n) is 10.7. The van der Waals surface area contributed by atoms with Crippen LogP contribution in [0.3, 0.4) is 0 Å². The van der Waals surface area contributed by atoms with E-state index in [0.717, 1.165) is 19.4 Å². The number of nitrogens with one attached hydrogen (secondary N) is 1. The third-order valence-electron chi connectivity index (χ3n) is 3.15. The molecule has 1 saturated heterocycles. The van der Waals surface area contributed by atoms with Gasteiger partial charge in [0, 0.05) is 6.61 Å². The molecule has 0 aromatic rings. The summed E-state index contributed by atoms with van der Waals surface area (Å²) in [6.07, 6.45) is 2.19. The number of thiocarbonyl (C=S) groups is 1. The lowest BCUT2D eigenvalue weighted by atomic mass is 9.94. The van der Waals surface area contributed by atoms with E-state index in [0.29, 0.717) is 0 Å². The van der Waals surface area contributed by atoms with Crippen molar-refractivity contribution in [3.8, 4) is 0 Å². The van der Waals surface area contributed by atoms with Gasteiger partial charge < -0.3 is 15.8 Å². The summed E-state index contributed by atoms with van der Waals surface area (Å²) in [4.78, 5) is 12.3. The van der Waals surface area contributed by atoms with Gasteiger partial charge in [-0.15, -0.1) is 0 Å². The van der Waals surface area contributed by atoms with E-state index < -0.39 is 5.92 Å². The minimum atomic E-state index is -0.395. The maximum Gasteiger partial charge on any atom is 0.230 e. The fourth-order valence-corrected chi connectivity index (χ4v) is 2.54. The van der Waals surface area contributed by atoms with Crippen LogP contribution >= 0.6 is 12.2 Å². The number of carbonyl (C=O) groups is 1. The van der Waals surface area contributed by atoms with Gasteiger partial charge in [0.2, 0.25) is 5.91 Å². The predicted molar refractivity (Wildman–Crippen MR) is 71.7 cm³/mol. The van der Waals surface area contributed by atoms with Gasteiger partial charge in [0.05, 0.1) is 23.1 Å². The second-order valence-corrected chi connectivity index (χ2v) is 5.44. The molecule has 0 aliphatic carbocycles. The predicted octanol–water partition coefficient (Wildman–Crippen LogP) is 1.23. The lowest BCUT2D eigenvalue weighted by Crippen LogP contribution is -2.47. The molecule has 0 bridgehead atoms. The Morgan fingerprint density at radius 3 is 2.53 bits per heavy atom. The van der Waals surface area contributed by atoms with Gasteiger partial charge in [-0.05, 0) is 25.7 Å². The van der Waals surface area contributed by atoms with Crippen LogP contribution in [0.25, 0.3) is 0 Å². The van der Waals surface area contributed by atoms with Gasteiger partial charge in [-0.1, -0.05) is 26.1 Å². The third kappa shape index (κ3) is 3.92. The molecule has 5 heteroatoms. The van der Waals surface area contributed by atoms with E-state index in [1.165, 1.54) is 0 Å². The summed E-state index contributed by atoms with van der Waals surface area (Å²) in [6.45, 7) is 6.64. The van der Waals surface area contributed by atoms with Crippen LogP contribution in [0.15, 0.2) is 0 Å². The summed E-state index contributed by atoms with van der Waals surface area (Å²) >= 11 is 4.94. The van der Waals surface area contributed by atoms with E-state index in [9.17, 15) is 4.79 Å². The van der Waals surface area contributed by atoms with Crippen LogP contribution in [0.4, 0.5) is 0 Å². The molecule has 3 atom stereocenters. The molecule has 3 unspecified atom stereocenters. The van der Waals surface area contributed by atoms with E-state index in [-0.39, 0.29) is 29.0 Å². The Balaban J connectivity index is 2.54. The second-order valence-electron chi connectivity index (χ2n) is 4.97. The summed E-state index contributed by atoms with van der Waals surface area (Å²) in [5, 5.41) is 2.95. The molecule has 0 saturated carbocycles. The van der Waals surface area contributed by atoms with Crippen molar-refractivity contribution >= 4 is 23.1 Å². The SMILES string of the molecule is CC(C)C(C(=O)NC(C)C1CCCO1)C(N)=S. The molecular weight excluding hydrogens is 236 g/mol. The Bertz CT molecular complexity index is 288. The molecule has 0 aromatic heterocycles. The molecule has 4 nitrogen and oxygen atoms in total. The highest BCUT2D eigenvalue weighted by Crippen LogP contribution is 2.17. The third-order valence-corrected chi connectivity index (χ3v) is 3.40. The summed E-state index contributed by atoms with van der Waals surface area (Å²) < 4.78 is 5.54.